The Bertz CT molecular complexity index is 985. The highest BCUT2D eigenvalue weighted by Gasteiger charge is 2.41. The number of hydrogen-bond acceptors (Lipinski definition) is 9. The number of hydrogen-bond donors (Lipinski definition) is 5. The van der Waals surface area contributed by atoms with Crippen molar-refractivity contribution in [3.8, 4) is 0 Å². The summed E-state index contributed by atoms with van der Waals surface area (Å²) in [4.78, 5) is 87.9. The van der Waals surface area contributed by atoms with E-state index in [1.165, 1.54) is 25.7 Å². The molecule has 1 rings (SSSR count). The zero-order valence-electron chi connectivity index (χ0n) is 25.0. The number of rotatable bonds is 16. The van der Waals surface area contributed by atoms with E-state index in [0.717, 1.165) is 0 Å². The summed E-state index contributed by atoms with van der Waals surface area (Å²) in [7, 11) is 1.60. The topological polar surface area (TPSA) is 206 Å². The Morgan fingerprint density at radius 3 is 2.24 bits per heavy atom. The molecule has 14 nitrogen and oxygen atoms in total. The normalized spacial score (nSPS) is 17.4. The molecule has 0 spiro atoms. The number of esters is 1. The number of ketones is 1. The van der Waals surface area contributed by atoms with Crippen LogP contribution in [0.3, 0.4) is 0 Å². The average Bonchev–Trinajstić information content (AvgIpc) is 2.93. The number of nitrogens with zero attached hydrogens (tertiary/aromatic N) is 1. The van der Waals surface area contributed by atoms with Crippen molar-refractivity contribution in [2.75, 3.05) is 26.7 Å². The number of carbonyl (C=O) groups is 7. The van der Waals surface area contributed by atoms with Crippen LogP contribution in [-0.4, -0.2) is 97.1 Å². The minimum atomic E-state index is -1.38. The van der Waals surface area contributed by atoms with Crippen molar-refractivity contribution in [2.24, 2.45) is 11.1 Å². The molecule has 232 valence electrons. The van der Waals surface area contributed by atoms with Gasteiger partial charge in [-0.05, 0) is 67.3 Å². The molecule has 1 saturated heterocycles. The molecule has 41 heavy (non-hydrogen) atoms. The highest BCUT2D eigenvalue weighted by Crippen LogP contribution is 2.23. The number of carbonyl (C=O) groups excluding carboxylic acids is 7. The molecule has 0 aromatic rings. The number of likely N-dealkylation sites (N-methyl/N-ethyl adjacent to an activating group) is 1. The Labute approximate surface area is 241 Å². The summed E-state index contributed by atoms with van der Waals surface area (Å²) in [6, 6.07) is -2.61. The van der Waals surface area contributed by atoms with E-state index in [1.54, 1.807) is 20.9 Å². The first kappa shape index (κ1) is 35.5. The summed E-state index contributed by atoms with van der Waals surface area (Å²) >= 11 is 0. The molecule has 6 N–H and O–H groups in total. The molecule has 14 heteroatoms. The SMILES string of the molecule is CNC(C)C(=O)NC(C)C(=O)OCC(C)(C)C(=O)C(=O)N1CCCCC1C(=O)NCCC(=O)NC(C)CCC(N)=O. The second-order valence-electron chi connectivity index (χ2n) is 11.1. The van der Waals surface area contributed by atoms with Crippen molar-refractivity contribution >= 4 is 41.3 Å². The molecular weight excluding hydrogens is 536 g/mol. The fourth-order valence-corrected chi connectivity index (χ4v) is 4.03. The lowest BCUT2D eigenvalue weighted by Crippen LogP contribution is -2.56. The maximum atomic E-state index is 13.2. The molecule has 0 aliphatic carbocycles. The third-order valence-electron chi connectivity index (χ3n) is 6.87. The van der Waals surface area contributed by atoms with Crippen LogP contribution in [0.15, 0.2) is 0 Å². The molecule has 0 bridgehead atoms. The van der Waals surface area contributed by atoms with Crippen molar-refractivity contribution in [1.82, 2.24) is 26.2 Å². The van der Waals surface area contributed by atoms with E-state index >= 15 is 0 Å². The summed E-state index contributed by atoms with van der Waals surface area (Å²) in [5, 5.41) is 10.6. The number of ether oxygens (including phenoxy) is 1. The third kappa shape index (κ3) is 11.8. The van der Waals surface area contributed by atoms with Crippen LogP contribution >= 0.6 is 0 Å². The third-order valence-corrected chi connectivity index (χ3v) is 6.87. The number of piperidine rings is 1. The maximum absolute atomic E-state index is 13.2. The first-order valence-corrected chi connectivity index (χ1v) is 14.0. The van der Waals surface area contributed by atoms with E-state index in [4.69, 9.17) is 10.5 Å². The number of nitrogens with one attached hydrogen (secondary N) is 4. The number of amides is 5. The predicted octanol–water partition coefficient (Wildman–Crippen LogP) is -1.10. The Morgan fingerprint density at radius 2 is 1.63 bits per heavy atom. The molecular formula is C27H46N6O8. The molecule has 1 fully saturated rings. The fourth-order valence-electron chi connectivity index (χ4n) is 4.03. The van der Waals surface area contributed by atoms with Crippen LogP contribution in [0.4, 0.5) is 0 Å². The van der Waals surface area contributed by atoms with E-state index in [1.807, 2.05) is 0 Å². The molecule has 1 aliphatic heterocycles. The van der Waals surface area contributed by atoms with Crippen molar-refractivity contribution in [2.45, 2.75) is 97.3 Å². The van der Waals surface area contributed by atoms with Gasteiger partial charge in [0.05, 0.1) is 11.5 Å². The lowest BCUT2D eigenvalue weighted by molar-refractivity contribution is -0.159. The summed E-state index contributed by atoms with van der Waals surface area (Å²) < 4.78 is 5.24. The smallest absolute Gasteiger partial charge is 0.328 e. The molecule has 5 amide bonds. The zero-order valence-corrected chi connectivity index (χ0v) is 25.0. The fraction of sp³-hybridized carbons (Fsp3) is 0.741. The average molecular weight is 583 g/mol. The van der Waals surface area contributed by atoms with Crippen LogP contribution < -0.4 is 27.0 Å². The molecule has 1 aliphatic rings. The zero-order chi connectivity index (χ0) is 31.3. The lowest BCUT2D eigenvalue weighted by atomic mass is 9.87. The summed E-state index contributed by atoms with van der Waals surface area (Å²) in [5.74, 6) is -4.04. The molecule has 1 heterocycles. The number of nitrogens with two attached hydrogens (primary N) is 1. The molecule has 0 aromatic carbocycles. The standard InChI is InChI=1S/C27H46N6O8/c1-16(10-11-20(28)34)31-21(35)12-13-30-24(38)19-9-7-8-14-33(19)25(39)22(36)27(4,5)15-41-26(40)18(3)32-23(37)17(2)29-6/h16-19,29H,7-15H2,1-6H3,(H2,28,34)(H,30,38)(H,31,35)(H,32,37). The van der Waals surface area contributed by atoms with Gasteiger partial charge in [-0.1, -0.05) is 0 Å². The summed E-state index contributed by atoms with van der Waals surface area (Å²) in [5.41, 5.74) is 3.73. The second-order valence-corrected chi connectivity index (χ2v) is 11.1. The van der Waals surface area contributed by atoms with Gasteiger partial charge in [-0.25, -0.2) is 4.79 Å². The van der Waals surface area contributed by atoms with E-state index in [9.17, 15) is 33.6 Å². The van der Waals surface area contributed by atoms with Crippen LogP contribution in [0.5, 0.6) is 0 Å². The van der Waals surface area contributed by atoms with Gasteiger partial charge in [-0.15, -0.1) is 0 Å². The Balaban J connectivity index is 2.67. The van der Waals surface area contributed by atoms with Crippen LogP contribution in [-0.2, 0) is 38.3 Å². The van der Waals surface area contributed by atoms with Gasteiger partial charge in [0.25, 0.3) is 5.91 Å². The first-order chi connectivity index (χ1) is 19.1. The van der Waals surface area contributed by atoms with Crippen molar-refractivity contribution in [3.63, 3.8) is 0 Å². The second kappa shape index (κ2) is 16.7. The van der Waals surface area contributed by atoms with Gasteiger partial charge < -0.3 is 36.6 Å². The van der Waals surface area contributed by atoms with Gasteiger partial charge in [0.2, 0.25) is 29.4 Å². The van der Waals surface area contributed by atoms with E-state index < -0.39 is 65.5 Å². The number of primary amides is 1. The van der Waals surface area contributed by atoms with E-state index in [-0.39, 0.29) is 37.9 Å². The van der Waals surface area contributed by atoms with Crippen LogP contribution in [0, 0.1) is 5.41 Å². The summed E-state index contributed by atoms with van der Waals surface area (Å²) in [6.07, 6.45) is 2.21. The maximum Gasteiger partial charge on any atom is 0.328 e. The van der Waals surface area contributed by atoms with Gasteiger partial charge in [-0.2, -0.15) is 0 Å². The highest BCUT2D eigenvalue weighted by molar-refractivity contribution is 6.38. The predicted molar refractivity (Wildman–Crippen MR) is 149 cm³/mol. The van der Waals surface area contributed by atoms with Crippen LogP contribution in [0.1, 0.15) is 73.1 Å². The Kier molecular flexibility index (Phi) is 14.4. The largest absolute Gasteiger partial charge is 0.463 e. The number of likely N-dealkylation sites (tertiary alicyclic amines) is 1. The van der Waals surface area contributed by atoms with Gasteiger partial charge in [0.15, 0.2) is 0 Å². The van der Waals surface area contributed by atoms with Crippen LogP contribution in [0.25, 0.3) is 0 Å². The molecule has 4 unspecified atom stereocenters. The van der Waals surface area contributed by atoms with Crippen molar-refractivity contribution < 1.29 is 38.3 Å². The molecule has 0 saturated carbocycles. The monoisotopic (exact) mass is 582 g/mol. The number of Topliss-reactive ketones (excluding diaryl/α,β-unsaturated/α-hetero) is 1. The molecule has 0 radical (unpaired) electrons. The van der Waals surface area contributed by atoms with E-state index in [2.05, 4.69) is 21.3 Å². The Hall–Kier alpha value is -3.55. The van der Waals surface area contributed by atoms with E-state index in [0.29, 0.717) is 25.7 Å². The van der Waals surface area contributed by atoms with Gasteiger partial charge in [-0.3, -0.25) is 28.8 Å². The highest BCUT2D eigenvalue weighted by atomic mass is 16.5. The van der Waals surface area contributed by atoms with Crippen molar-refractivity contribution in [1.29, 1.82) is 0 Å². The minimum absolute atomic E-state index is 0.00259. The van der Waals surface area contributed by atoms with Gasteiger partial charge in [0, 0.05) is 32.0 Å². The lowest BCUT2D eigenvalue weighted by Gasteiger charge is -2.36. The first-order valence-electron chi connectivity index (χ1n) is 14.0. The van der Waals surface area contributed by atoms with Crippen molar-refractivity contribution in [3.05, 3.63) is 0 Å². The molecule has 4 atom stereocenters. The summed E-state index contributed by atoms with van der Waals surface area (Å²) in [6.45, 7) is 7.61. The minimum Gasteiger partial charge on any atom is -0.463 e. The molecule has 0 aromatic heterocycles. The Morgan fingerprint density at radius 1 is 0.976 bits per heavy atom. The van der Waals surface area contributed by atoms with Crippen LogP contribution in [0.2, 0.25) is 0 Å². The quantitative estimate of drug-likeness (QED) is 0.110. The van der Waals surface area contributed by atoms with Gasteiger partial charge in [0.1, 0.15) is 18.7 Å². The van der Waals surface area contributed by atoms with Gasteiger partial charge >= 0.3 is 5.97 Å².